The normalized spacial score (nSPS) is 13.7. The van der Waals surface area contributed by atoms with Gasteiger partial charge in [0.2, 0.25) is 0 Å². The van der Waals surface area contributed by atoms with E-state index in [0.29, 0.717) is 6.79 Å². The molecule has 0 amide bonds. The van der Waals surface area contributed by atoms with Gasteiger partial charge in [-0.05, 0) is 101 Å². The van der Waals surface area contributed by atoms with Crippen molar-refractivity contribution in [2.45, 2.75) is 162 Å². The van der Waals surface area contributed by atoms with E-state index < -0.39 is 16.4 Å². The molecular formula is C35H66O3Si2. The van der Waals surface area contributed by atoms with Gasteiger partial charge in [-0.25, -0.2) is 0 Å². The minimum atomic E-state index is -1.55. The Morgan fingerprint density at radius 2 is 1.40 bits per heavy atom. The molecule has 0 N–H and O–H groups in total. The summed E-state index contributed by atoms with van der Waals surface area (Å²) in [5, 5.41) is 0. The van der Waals surface area contributed by atoms with Gasteiger partial charge in [-0.2, -0.15) is 0 Å². The summed E-state index contributed by atoms with van der Waals surface area (Å²) < 4.78 is 17.7. The number of ether oxygens (including phenoxy) is 2. The highest BCUT2D eigenvalue weighted by molar-refractivity contribution is 6.81. The Morgan fingerprint density at radius 1 is 0.800 bits per heavy atom. The van der Waals surface area contributed by atoms with Crippen LogP contribution in [0.1, 0.15) is 117 Å². The van der Waals surface area contributed by atoms with Crippen LogP contribution in [-0.4, -0.2) is 41.5 Å². The van der Waals surface area contributed by atoms with Crippen LogP contribution < -0.4 is 0 Å². The molecule has 0 saturated carbocycles. The Labute approximate surface area is 252 Å². The van der Waals surface area contributed by atoms with Gasteiger partial charge in [0.05, 0.1) is 19.3 Å². The Balaban J connectivity index is 2.65. The number of unbranched alkanes of at least 4 members (excludes halogenated alkanes) is 4. The van der Waals surface area contributed by atoms with Crippen molar-refractivity contribution in [3.05, 3.63) is 41.1 Å². The van der Waals surface area contributed by atoms with Gasteiger partial charge in [-0.15, -0.1) is 0 Å². The number of rotatable bonds is 22. The zero-order valence-corrected chi connectivity index (χ0v) is 30.5. The highest BCUT2D eigenvalue weighted by Gasteiger charge is 2.35. The fourth-order valence-electron chi connectivity index (χ4n) is 5.74. The number of methoxy groups -OCH3 is 1. The molecule has 0 bridgehead atoms. The average molecular weight is 591 g/mol. The molecule has 1 aromatic rings. The quantitative estimate of drug-likeness (QED) is 0.0763. The van der Waals surface area contributed by atoms with E-state index in [0.717, 1.165) is 6.42 Å². The maximum atomic E-state index is 6.82. The lowest BCUT2D eigenvalue weighted by molar-refractivity contribution is -0.117. The summed E-state index contributed by atoms with van der Waals surface area (Å²) in [5.41, 5.74) is 7.02. The molecule has 0 atom stereocenters. The van der Waals surface area contributed by atoms with Gasteiger partial charge in [0.25, 0.3) is 0 Å². The summed E-state index contributed by atoms with van der Waals surface area (Å²) in [7, 11) is -1.18. The first kappa shape index (κ1) is 37.3. The molecule has 3 nitrogen and oxygen atoms in total. The Bertz CT molecular complexity index is 842. The summed E-state index contributed by atoms with van der Waals surface area (Å²) >= 11 is 0. The predicted octanol–water partition coefficient (Wildman–Crippen LogP) is 11.2. The van der Waals surface area contributed by atoms with Crippen LogP contribution >= 0.6 is 0 Å². The van der Waals surface area contributed by atoms with E-state index in [1.807, 2.05) is 0 Å². The first-order chi connectivity index (χ1) is 18.7. The smallest absolute Gasteiger partial charge is 0.192 e. The molecule has 5 heteroatoms. The second-order valence-electron chi connectivity index (χ2n) is 14.3. The summed E-state index contributed by atoms with van der Waals surface area (Å²) in [5.74, 6) is 0. The van der Waals surface area contributed by atoms with E-state index in [9.17, 15) is 0 Å². The third-order valence-corrected chi connectivity index (χ3v) is 14.4. The lowest BCUT2D eigenvalue weighted by atomic mass is 9.95. The molecule has 0 saturated heterocycles. The van der Waals surface area contributed by atoms with Crippen LogP contribution in [0, 0.1) is 0 Å². The van der Waals surface area contributed by atoms with Gasteiger partial charge < -0.3 is 13.9 Å². The molecule has 232 valence electrons. The van der Waals surface area contributed by atoms with Gasteiger partial charge in [0.15, 0.2) is 8.32 Å². The zero-order chi connectivity index (χ0) is 30.3. The molecule has 0 unspecified atom stereocenters. The van der Waals surface area contributed by atoms with Crippen molar-refractivity contribution >= 4 is 22.0 Å². The van der Waals surface area contributed by atoms with Crippen molar-refractivity contribution in [2.24, 2.45) is 0 Å². The lowest BCUT2D eigenvalue weighted by Gasteiger charge is -2.38. The summed E-state index contributed by atoms with van der Waals surface area (Å²) in [6.07, 6.45) is 12.0. The number of hydrogen-bond acceptors (Lipinski definition) is 3. The van der Waals surface area contributed by atoms with Gasteiger partial charge in [0.1, 0.15) is 6.79 Å². The molecule has 0 spiro atoms. The average Bonchev–Trinajstić information content (AvgIpc) is 2.89. The highest BCUT2D eigenvalue weighted by Crippen LogP contribution is 2.31. The van der Waals surface area contributed by atoms with E-state index in [-0.39, 0.29) is 11.2 Å². The molecule has 0 aliphatic heterocycles. The van der Waals surface area contributed by atoms with Gasteiger partial charge in [0, 0.05) is 7.11 Å². The first-order valence-corrected chi connectivity index (χ1v) is 22.4. The van der Waals surface area contributed by atoms with Crippen molar-refractivity contribution in [3.8, 4) is 0 Å². The van der Waals surface area contributed by atoms with Crippen molar-refractivity contribution in [1.29, 1.82) is 0 Å². The van der Waals surface area contributed by atoms with Crippen LogP contribution in [0.2, 0.25) is 37.8 Å². The van der Waals surface area contributed by atoms with E-state index in [1.54, 1.807) is 12.7 Å². The minimum Gasteiger partial charge on any atom is -0.412 e. The molecular weight excluding hydrogens is 525 g/mol. The fourth-order valence-corrected chi connectivity index (χ4v) is 10.3. The second-order valence-corrected chi connectivity index (χ2v) is 24.0. The number of aryl methyl sites for hydroxylation is 1. The molecule has 1 rings (SSSR count). The topological polar surface area (TPSA) is 27.7 Å². The molecule has 40 heavy (non-hydrogen) atoms. The standard InChI is InChI=1S/C35H66O3Si2/c1-12-40(13-2,14-3)38-35(6,7)27-20-15-17-22-31-23-21-25-32(28-31)33(29-39(9,10)11)24-18-16-19-26-34(4,5)37-30-36-8/h21,23,25,28-29H,12-20,22,24,26-27,30H2,1-11H3/b33-29+. The molecule has 1 aromatic carbocycles. The summed E-state index contributed by atoms with van der Waals surface area (Å²) in [4.78, 5) is 0. The van der Waals surface area contributed by atoms with Crippen LogP contribution in [0.3, 0.4) is 0 Å². The molecule has 0 aromatic heterocycles. The van der Waals surface area contributed by atoms with Crippen molar-refractivity contribution in [2.75, 3.05) is 13.9 Å². The SMILES string of the molecule is CC[Si](CC)(CC)OC(C)(C)CCCCCc1cccc(/C(=C/[Si](C)(C)C)CCCCCC(C)(C)OCOC)c1. The van der Waals surface area contributed by atoms with Gasteiger partial charge >= 0.3 is 0 Å². The first-order valence-electron chi connectivity index (χ1n) is 16.3. The molecule has 0 aliphatic carbocycles. The monoisotopic (exact) mass is 590 g/mol. The van der Waals surface area contributed by atoms with E-state index >= 15 is 0 Å². The third kappa shape index (κ3) is 15.5. The molecule has 0 heterocycles. The second kappa shape index (κ2) is 18.1. The van der Waals surface area contributed by atoms with Crippen LogP contribution in [0.25, 0.3) is 5.57 Å². The van der Waals surface area contributed by atoms with Crippen molar-refractivity contribution < 1.29 is 13.9 Å². The van der Waals surface area contributed by atoms with Crippen molar-refractivity contribution in [3.63, 3.8) is 0 Å². The molecule has 0 radical (unpaired) electrons. The van der Waals surface area contributed by atoms with E-state index in [4.69, 9.17) is 13.9 Å². The summed E-state index contributed by atoms with van der Waals surface area (Å²) in [6, 6.07) is 13.1. The van der Waals surface area contributed by atoms with Crippen molar-refractivity contribution in [1.82, 2.24) is 0 Å². The zero-order valence-electron chi connectivity index (χ0n) is 28.5. The Morgan fingerprint density at radius 3 is 1.98 bits per heavy atom. The van der Waals surface area contributed by atoms with E-state index in [2.05, 4.69) is 98.1 Å². The predicted molar refractivity (Wildman–Crippen MR) is 182 cm³/mol. The van der Waals surface area contributed by atoms with Crippen LogP contribution in [0.4, 0.5) is 0 Å². The maximum Gasteiger partial charge on any atom is 0.192 e. The Hall–Kier alpha value is -0.726. The fraction of sp³-hybridized carbons (Fsp3) is 0.771. The number of allylic oxidation sites excluding steroid dienone is 1. The maximum absolute atomic E-state index is 6.82. The highest BCUT2D eigenvalue weighted by atomic mass is 28.4. The van der Waals surface area contributed by atoms with Gasteiger partial charge in [-0.1, -0.05) is 96.1 Å². The van der Waals surface area contributed by atoms with Crippen LogP contribution in [0.5, 0.6) is 0 Å². The number of benzene rings is 1. The largest absolute Gasteiger partial charge is 0.412 e. The van der Waals surface area contributed by atoms with Gasteiger partial charge in [-0.3, -0.25) is 0 Å². The minimum absolute atomic E-state index is 0.0113. The lowest BCUT2D eigenvalue weighted by Crippen LogP contribution is -2.44. The van der Waals surface area contributed by atoms with E-state index in [1.165, 1.54) is 87.0 Å². The summed E-state index contributed by atoms with van der Waals surface area (Å²) in [6.45, 7) is 23.7. The van der Waals surface area contributed by atoms with Crippen LogP contribution in [-0.2, 0) is 20.3 Å². The molecule has 0 aliphatic rings. The van der Waals surface area contributed by atoms with Crippen LogP contribution in [0.15, 0.2) is 30.0 Å². The molecule has 0 fully saturated rings. The Kier molecular flexibility index (Phi) is 16.8. The number of hydrogen-bond donors (Lipinski definition) is 0. The third-order valence-electron chi connectivity index (χ3n) is 8.37.